The highest BCUT2D eigenvalue weighted by Gasteiger charge is 2.47. The summed E-state index contributed by atoms with van der Waals surface area (Å²) in [6.07, 6.45) is 4.78. The zero-order chi connectivity index (χ0) is 19.9. The topological polar surface area (TPSA) is 75.2 Å². The van der Waals surface area contributed by atoms with Crippen molar-refractivity contribution in [3.05, 3.63) is 10.7 Å². The molecule has 0 saturated carbocycles. The fourth-order valence-electron chi connectivity index (χ4n) is 4.91. The summed E-state index contributed by atoms with van der Waals surface area (Å²) in [6.45, 7) is 8.25. The first kappa shape index (κ1) is 20.8. The van der Waals surface area contributed by atoms with Gasteiger partial charge in [0, 0.05) is 30.6 Å². The van der Waals surface area contributed by atoms with Gasteiger partial charge in [-0.15, -0.1) is 23.5 Å². The van der Waals surface area contributed by atoms with Gasteiger partial charge in [0.05, 0.1) is 35.9 Å². The fourth-order valence-corrected chi connectivity index (χ4v) is 7.45. The molecule has 7 nitrogen and oxygen atoms in total. The summed E-state index contributed by atoms with van der Waals surface area (Å²) in [7, 11) is 2.08. The number of nitrogens with zero attached hydrogens (tertiary/aromatic N) is 3. The number of thioether (sulfide) groups is 2. The van der Waals surface area contributed by atoms with Crippen LogP contribution in [0.25, 0.3) is 0 Å². The van der Waals surface area contributed by atoms with Gasteiger partial charge in [-0.1, -0.05) is 20.3 Å². The van der Waals surface area contributed by atoms with Crippen molar-refractivity contribution in [1.82, 2.24) is 25.8 Å². The normalized spacial score (nSPS) is 38.7. The van der Waals surface area contributed by atoms with Crippen molar-refractivity contribution in [3.8, 4) is 0 Å². The molecule has 4 aliphatic rings. The van der Waals surface area contributed by atoms with E-state index in [1.807, 2.05) is 36.8 Å². The average molecular weight is 427 g/mol. The Bertz CT molecular complexity index is 644. The van der Waals surface area contributed by atoms with E-state index in [1.165, 1.54) is 10.7 Å². The van der Waals surface area contributed by atoms with Crippen LogP contribution in [-0.2, 0) is 0 Å². The number of rotatable bonds is 7. The molecule has 4 heterocycles. The molecule has 3 fully saturated rings. The van der Waals surface area contributed by atoms with E-state index < -0.39 is 0 Å². The van der Waals surface area contributed by atoms with Crippen molar-refractivity contribution in [3.63, 3.8) is 0 Å². The number of fused-ring (bicyclic) bond motifs is 2. The highest BCUT2D eigenvalue weighted by molar-refractivity contribution is 8.03. The Morgan fingerprint density at radius 2 is 2.32 bits per heavy atom. The third kappa shape index (κ3) is 3.70. The summed E-state index contributed by atoms with van der Waals surface area (Å²) in [5, 5.41) is 23.2. The lowest BCUT2D eigenvalue weighted by Gasteiger charge is -2.34. The standard InChI is InChI=1S/C19H34N6OS2/c1-5-7-19-16(20-10-21-19)17(24(4)11-22-19)27-8-6-14-15(13(3)26)25-9-12(2)28-18(25)23-14/h11-15,18,20-21,23,26H,5-10H2,1-4H3/t12?,13-,14?,15?,18?,19?/m1/s1. The highest BCUT2D eigenvalue weighted by atomic mass is 32.2. The molecule has 3 saturated heterocycles. The third-order valence-electron chi connectivity index (χ3n) is 6.10. The average Bonchev–Trinajstić information content (AvgIpc) is 3.29. The van der Waals surface area contributed by atoms with E-state index in [0.717, 1.165) is 38.2 Å². The molecule has 0 aliphatic carbocycles. The number of aliphatic hydroxyl groups excluding tert-OH is 1. The Morgan fingerprint density at radius 1 is 1.50 bits per heavy atom. The summed E-state index contributed by atoms with van der Waals surface area (Å²) < 4.78 is 0. The molecule has 6 atom stereocenters. The van der Waals surface area contributed by atoms with E-state index in [1.54, 1.807) is 0 Å². The maximum atomic E-state index is 10.4. The van der Waals surface area contributed by atoms with Crippen LogP contribution >= 0.6 is 23.5 Å². The van der Waals surface area contributed by atoms with Crippen LogP contribution in [0, 0.1) is 0 Å². The predicted molar refractivity (Wildman–Crippen MR) is 119 cm³/mol. The molecular formula is C19H34N6OS2. The minimum Gasteiger partial charge on any atom is -0.392 e. The molecule has 0 spiro atoms. The maximum absolute atomic E-state index is 10.4. The van der Waals surface area contributed by atoms with Crippen LogP contribution in [0.4, 0.5) is 0 Å². The molecule has 0 aromatic carbocycles. The number of hydrogen-bond donors (Lipinski definition) is 4. The van der Waals surface area contributed by atoms with Crippen molar-refractivity contribution in [1.29, 1.82) is 0 Å². The summed E-state index contributed by atoms with van der Waals surface area (Å²) in [5.41, 5.74) is 1.31. The summed E-state index contributed by atoms with van der Waals surface area (Å²) >= 11 is 3.88. The Morgan fingerprint density at radius 3 is 3.07 bits per heavy atom. The van der Waals surface area contributed by atoms with E-state index >= 15 is 0 Å². The van der Waals surface area contributed by atoms with Gasteiger partial charge in [-0.2, -0.15) is 0 Å². The van der Waals surface area contributed by atoms with E-state index in [9.17, 15) is 5.11 Å². The Balaban J connectivity index is 1.41. The lowest BCUT2D eigenvalue weighted by molar-refractivity contribution is 0.0794. The molecule has 0 aromatic heterocycles. The van der Waals surface area contributed by atoms with Crippen LogP contribution < -0.4 is 16.0 Å². The third-order valence-corrected chi connectivity index (χ3v) is 8.58. The zero-order valence-corrected chi connectivity index (χ0v) is 18.9. The van der Waals surface area contributed by atoms with Gasteiger partial charge in [-0.3, -0.25) is 15.5 Å². The Hall–Kier alpha value is -0.450. The molecule has 4 N–H and O–H groups in total. The van der Waals surface area contributed by atoms with Crippen LogP contribution in [0.3, 0.4) is 0 Å². The van der Waals surface area contributed by atoms with Gasteiger partial charge in [-0.05, 0) is 19.8 Å². The smallest absolute Gasteiger partial charge is 0.156 e. The van der Waals surface area contributed by atoms with Crippen molar-refractivity contribution in [2.24, 2.45) is 4.99 Å². The first-order valence-corrected chi connectivity index (χ1v) is 12.4. The zero-order valence-electron chi connectivity index (χ0n) is 17.3. The second kappa shape index (κ2) is 8.35. The molecule has 0 aromatic rings. The number of nitrogens with one attached hydrogen (secondary N) is 3. The molecule has 5 unspecified atom stereocenters. The summed E-state index contributed by atoms with van der Waals surface area (Å²) in [5.74, 6) is 1.02. The maximum Gasteiger partial charge on any atom is 0.156 e. The fraction of sp³-hybridized carbons (Fsp3) is 0.842. The molecule has 4 rings (SSSR count). The second-order valence-corrected chi connectivity index (χ2v) is 10.9. The van der Waals surface area contributed by atoms with Crippen LogP contribution in [0.2, 0.25) is 0 Å². The minimum atomic E-state index is -0.317. The van der Waals surface area contributed by atoms with Crippen LogP contribution in [0.1, 0.15) is 40.0 Å². The number of aliphatic hydroxyl groups is 1. The van der Waals surface area contributed by atoms with Gasteiger partial charge in [0.2, 0.25) is 0 Å². The van der Waals surface area contributed by atoms with E-state index in [0.29, 0.717) is 16.8 Å². The van der Waals surface area contributed by atoms with Crippen LogP contribution in [0.5, 0.6) is 0 Å². The molecule has 0 amide bonds. The monoisotopic (exact) mass is 426 g/mol. The highest BCUT2D eigenvalue weighted by Crippen LogP contribution is 2.39. The molecule has 0 radical (unpaired) electrons. The molecule has 4 aliphatic heterocycles. The minimum absolute atomic E-state index is 0.205. The number of aliphatic imine (C=N–C) groups is 1. The predicted octanol–water partition coefficient (Wildman–Crippen LogP) is 1.34. The van der Waals surface area contributed by atoms with Crippen molar-refractivity contribution in [2.45, 2.75) is 74.6 Å². The molecule has 9 heteroatoms. The van der Waals surface area contributed by atoms with Crippen molar-refractivity contribution >= 4 is 29.9 Å². The summed E-state index contributed by atoms with van der Waals surface area (Å²) in [6, 6.07) is 0.539. The van der Waals surface area contributed by atoms with Gasteiger partial charge < -0.3 is 15.3 Å². The first-order chi connectivity index (χ1) is 13.4. The van der Waals surface area contributed by atoms with Crippen molar-refractivity contribution < 1.29 is 5.11 Å². The second-order valence-electron chi connectivity index (χ2n) is 8.31. The quantitative estimate of drug-likeness (QED) is 0.486. The molecule has 0 bridgehead atoms. The Labute approximate surface area is 177 Å². The van der Waals surface area contributed by atoms with Crippen LogP contribution in [-0.4, -0.2) is 81.9 Å². The Kier molecular flexibility index (Phi) is 6.21. The van der Waals surface area contributed by atoms with Gasteiger partial charge in [0.1, 0.15) is 5.50 Å². The number of hydrogen-bond acceptors (Lipinski definition) is 9. The van der Waals surface area contributed by atoms with Gasteiger partial charge in [0.25, 0.3) is 0 Å². The molecule has 158 valence electrons. The van der Waals surface area contributed by atoms with E-state index in [4.69, 9.17) is 4.99 Å². The van der Waals surface area contributed by atoms with Crippen molar-refractivity contribution in [2.75, 3.05) is 26.0 Å². The lowest BCUT2D eigenvalue weighted by Crippen LogP contribution is -2.45. The SMILES string of the molecule is CCCC12N=CN(C)C(SCCC3NC4SC(C)CN4C3[C@@H](C)O)=C1NCN2. The van der Waals surface area contributed by atoms with Crippen LogP contribution in [0.15, 0.2) is 15.7 Å². The van der Waals surface area contributed by atoms with Gasteiger partial charge in [0.15, 0.2) is 5.66 Å². The van der Waals surface area contributed by atoms with E-state index in [-0.39, 0.29) is 17.8 Å². The first-order valence-electron chi connectivity index (χ1n) is 10.4. The molecular weight excluding hydrogens is 392 g/mol. The van der Waals surface area contributed by atoms with Gasteiger partial charge >= 0.3 is 0 Å². The summed E-state index contributed by atoms with van der Waals surface area (Å²) in [4.78, 5) is 9.41. The van der Waals surface area contributed by atoms with Gasteiger partial charge in [-0.25, -0.2) is 4.99 Å². The lowest BCUT2D eigenvalue weighted by atomic mass is 10.0. The largest absolute Gasteiger partial charge is 0.392 e. The molecule has 28 heavy (non-hydrogen) atoms. The van der Waals surface area contributed by atoms with E-state index in [2.05, 4.69) is 46.6 Å².